The fourth-order valence-corrected chi connectivity index (χ4v) is 2.29. The third-order valence-corrected chi connectivity index (χ3v) is 4.06. The van der Waals surface area contributed by atoms with E-state index in [9.17, 15) is 13.2 Å². The van der Waals surface area contributed by atoms with Gasteiger partial charge in [0, 0.05) is 5.75 Å². The summed E-state index contributed by atoms with van der Waals surface area (Å²) in [6.07, 6.45) is 1.37. The molecule has 0 amide bonds. The second kappa shape index (κ2) is 7.62. The summed E-state index contributed by atoms with van der Waals surface area (Å²) in [6.45, 7) is 4.80. The van der Waals surface area contributed by atoms with Crippen molar-refractivity contribution in [1.82, 2.24) is 4.90 Å². The Morgan fingerprint density at radius 2 is 1.88 bits per heavy atom. The fourth-order valence-electron chi connectivity index (χ4n) is 1.43. The van der Waals surface area contributed by atoms with Crippen molar-refractivity contribution in [2.24, 2.45) is 0 Å². The van der Waals surface area contributed by atoms with Gasteiger partial charge in [-0.1, -0.05) is 13.8 Å². The standard InChI is InChI=1S/C10H21NO4S/c1-3-6-11(9-10(12)13)7-5-8-16(14,15)4-2/h3-9H2,1-2H3,(H,12,13). The summed E-state index contributed by atoms with van der Waals surface area (Å²) < 4.78 is 22.5. The number of nitrogens with zero attached hydrogens (tertiary/aromatic N) is 1. The van der Waals surface area contributed by atoms with Gasteiger partial charge in [0.1, 0.15) is 9.84 Å². The molecule has 0 saturated carbocycles. The minimum atomic E-state index is -2.93. The molecule has 6 heteroatoms. The van der Waals surface area contributed by atoms with Gasteiger partial charge < -0.3 is 5.11 Å². The molecule has 0 atom stereocenters. The highest BCUT2D eigenvalue weighted by atomic mass is 32.2. The number of hydrogen-bond acceptors (Lipinski definition) is 4. The molecule has 5 nitrogen and oxygen atoms in total. The fraction of sp³-hybridized carbons (Fsp3) is 0.900. The Morgan fingerprint density at radius 3 is 2.31 bits per heavy atom. The van der Waals surface area contributed by atoms with E-state index in [1.54, 1.807) is 11.8 Å². The van der Waals surface area contributed by atoms with E-state index in [2.05, 4.69) is 0 Å². The molecule has 0 aromatic carbocycles. The maximum Gasteiger partial charge on any atom is 0.317 e. The van der Waals surface area contributed by atoms with Crippen LogP contribution in [0.2, 0.25) is 0 Å². The summed E-state index contributed by atoms with van der Waals surface area (Å²) in [4.78, 5) is 12.3. The lowest BCUT2D eigenvalue weighted by Gasteiger charge is -2.18. The van der Waals surface area contributed by atoms with Crippen molar-refractivity contribution in [2.75, 3.05) is 31.1 Å². The zero-order valence-corrected chi connectivity index (χ0v) is 10.8. The van der Waals surface area contributed by atoms with E-state index < -0.39 is 15.8 Å². The van der Waals surface area contributed by atoms with E-state index in [1.807, 2.05) is 6.92 Å². The van der Waals surface area contributed by atoms with Crippen molar-refractivity contribution in [3.05, 3.63) is 0 Å². The lowest BCUT2D eigenvalue weighted by molar-refractivity contribution is -0.138. The molecule has 0 unspecified atom stereocenters. The molecule has 0 bridgehead atoms. The summed E-state index contributed by atoms with van der Waals surface area (Å²) in [5, 5.41) is 8.66. The van der Waals surface area contributed by atoms with Crippen LogP contribution in [-0.2, 0) is 14.6 Å². The largest absolute Gasteiger partial charge is 0.480 e. The highest BCUT2D eigenvalue weighted by Gasteiger charge is 2.11. The number of hydrogen-bond donors (Lipinski definition) is 1. The first-order valence-electron chi connectivity index (χ1n) is 5.55. The average Bonchev–Trinajstić information content (AvgIpc) is 2.17. The molecule has 0 rings (SSSR count). The zero-order valence-electron chi connectivity index (χ0n) is 9.98. The molecule has 0 aliphatic rings. The van der Waals surface area contributed by atoms with Gasteiger partial charge in [0.2, 0.25) is 0 Å². The van der Waals surface area contributed by atoms with Crippen LogP contribution >= 0.6 is 0 Å². The van der Waals surface area contributed by atoms with Crippen LogP contribution in [0.15, 0.2) is 0 Å². The predicted octanol–water partition coefficient (Wildman–Crippen LogP) is 0.608. The lowest BCUT2D eigenvalue weighted by Crippen LogP contribution is -2.32. The molecule has 16 heavy (non-hydrogen) atoms. The lowest BCUT2D eigenvalue weighted by atomic mass is 10.3. The summed E-state index contributed by atoms with van der Waals surface area (Å²) in [6, 6.07) is 0. The first-order chi connectivity index (χ1) is 7.41. The van der Waals surface area contributed by atoms with Crippen LogP contribution in [0.1, 0.15) is 26.7 Å². The van der Waals surface area contributed by atoms with E-state index in [4.69, 9.17) is 5.11 Å². The van der Waals surface area contributed by atoms with Crippen molar-refractivity contribution in [3.8, 4) is 0 Å². The van der Waals surface area contributed by atoms with Crippen LogP contribution in [0.4, 0.5) is 0 Å². The number of rotatable bonds is 9. The predicted molar refractivity (Wildman–Crippen MR) is 63.3 cm³/mol. The monoisotopic (exact) mass is 251 g/mol. The van der Waals surface area contributed by atoms with Crippen LogP contribution in [0.25, 0.3) is 0 Å². The molecule has 0 radical (unpaired) electrons. The highest BCUT2D eigenvalue weighted by molar-refractivity contribution is 7.91. The molecule has 0 aromatic heterocycles. The van der Waals surface area contributed by atoms with Gasteiger partial charge in [0.25, 0.3) is 0 Å². The smallest absolute Gasteiger partial charge is 0.317 e. The minimum Gasteiger partial charge on any atom is -0.480 e. The normalized spacial score (nSPS) is 11.9. The number of aliphatic carboxylic acids is 1. The average molecular weight is 251 g/mol. The van der Waals surface area contributed by atoms with E-state index >= 15 is 0 Å². The topological polar surface area (TPSA) is 74.7 Å². The Kier molecular flexibility index (Phi) is 7.33. The molecule has 0 aliphatic carbocycles. The second-order valence-corrected chi connectivity index (χ2v) is 6.23. The minimum absolute atomic E-state index is 0.0139. The summed E-state index contributed by atoms with van der Waals surface area (Å²) in [7, 11) is -2.93. The van der Waals surface area contributed by atoms with E-state index in [-0.39, 0.29) is 18.1 Å². The van der Waals surface area contributed by atoms with Crippen molar-refractivity contribution < 1.29 is 18.3 Å². The third kappa shape index (κ3) is 7.64. The Hall–Kier alpha value is -0.620. The first-order valence-corrected chi connectivity index (χ1v) is 7.38. The summed E-state index contributed by atoms with van der Waals surface area (Å²) >= 11 is 0. The van der Waals surface area contributed by atoms with Crippen LogP contribution in [0.3, 0.4) is 0 Å². The van der Waals surface area contributed by atoms with Gasteiger partial charge in [-0.15, -0.1) is 0 Å². The van der Waals surface area contributed by atoms with Crippen LogP contribution in [0, 0.1) is 0 Å². The SMILES string of the molecule is CCCN(CCCS(=O)(=O)CC)CC(=O)O. The highest BCUT2D eigenvalue weighted by Crippen LogP contribution is 1.98. The first kappa shape index (κ1) is 15.4. The number of carboxylic acids is 1. The Labute approximate surface area is 97.4 Å². The molecule has 0 saturated heterocycles. The van der Waals surface area contributed by atoms with Crippen molar-refractivity contribution >= 4 is 15.8 Å². The quantitative estimate of drug-likeness (QED) is 0.650. The molecular weight excluding hydrogens is 230 g/mol. The maximum atomic E-state index is 11.2. The second-order valence-electron chi connectivity index (χ2n) is 3.76. The van der Waals surface area contributed by atoms with Crippen molar-refractivity contribution in [1.29, 1.82) is 0 Å². The van der Waals surface area contributed by atoms with E-state index in [0.29, 0.717) is 19.5 Å². The van der Waals surface area contributed by atoms with Gasteiger partial charge in [-0.2, -0.15) is 0 Å². The zero-order chi connectivity index (χ0) is 12.6. The van der Waals surface area contributed by atoms with Crippen molar-refractivity contribution in [3.63, 3.8) is 0 Å². The Morgan fingerprint density at radius 1 is 1.25 bits per heavy atom. The maximum absolute atomic E-state index is 11.2. The molecule has 1 N–H and O–H groups in total. The molecule has 96 valence electrons. The van der Waals surface area contributed by atoms with Gasteiger partial charge in [0.05, 0.1) is 12.3 Å². The summed E-state index contributed by atoms with van der Waals surface area (Å²) in [5.41, 5.74) is 0. The third-order valence-electron chi connectivity index (χ3n) is 2.27. The van der Waals surface area contributed by atoms with Gasteiger partial charge in [-0.3, -0.25) is 9.69 Å². The van der Waals surface area contributed by atoms with Gasteiger partial charge in [-0.25, -0.2) is 8.42 Å². The van der Waals surface area contributed by atoms with Crippen molar-refractivity contribution in [2.45, 2.75) is 26.7 Å². The molecule has 0 aromatic rings. The van der Waals surface area contributed by atoms with Crippen LogP contribution < -0.4 is 0 Å². The number of sulfone groups is 1. The molecule has 0 heterocycles. The van der Waals surface area contributed by atoms with E-state index in [0.717, 1.165) is 6.42 Å². The van der Waals surface area contributed by atoms with Crippen LogP contribution in [0.5, 0.6) is 0 Å². The number of carbonyl (C=O) groups is 1. The van der Waals surface area contributed by atoms with E-state index in [1.165, 1.54) is 0 Å². The van der Waals surface area contributed by atoms with Crippen LogP contribution in [-0.4, -0.2) is 55.5 Å². The number of carboxylic acid groups (broad SMARTS) is 1. The van der Waals surface area contributed by atoms with Gasteiger partial charge in [-0.05, 0) is 25.9 Å². The Balaban J connectivity index is 3.97. The molecule has 0 spiro atoms. The molecule has 0 aliphatic heterocycles. The molecule has 0 fully saturated rings. The summed E-state index contributed by atoms with van der Waals surface area (Å²) in [5.74, 6) is -0.574. The van der Waals surface area contributed by atoms with Gasteiger partial charge >= 0.3 is 5.97 Å². The Bertz CT molecular complexity index is 300. The van der Waals surface area contributed by atoms with Gasteiger partial charge in [0.15, 0.2) is 0 Å². The molecular formula is C10H21NO4S.